The molecule has 102 valence electrons. The smallest absolute Gasteiger partial charge is 0.146 e. The molecule has 0 amide bonds. The van der Waals surface area contributed by atoms with Crippen LogP contribution in [0.15, 0.2) is 54.6 Å². The highest BCUT2D eigenvalue weighted by molar-refractivity contribution is 8.01. The molecule has 2 unspecified atom stereocenters. The number of rotatable bonds is 3. The van der Waals surface area contributed by atoms with Gasteiger partial charge in [-0.1, -0.05) is 54.6 Å². The van der Waals surface area contributed by atoms with Crippen LogP contribution in [0.4, 0.5) is 0 Å². The first-order valence-corrected chi connectivity index (χ1v) is 7.99. The summed E-state index contributed by atoms with van der Waals surface area (Å²) in [5.41, 5.74) is 3.82. The molecule has 1 nitrogen and oxygen atoms in total. The number of thioether (sulfide) groups is 1. The quantitative estimate of drug-likeness (QED) is 0.832. The monoisotopic (exact) mass is 282 g/mol. The van der Waals surface area contributed by atoms with E-state index >= 15 is 0 Å². The number of Topliss-reactive ketones (excluding diaryl/α,β-unsaturated/α-hetero) is 1. The number of ketones is 1. The molecule has 1 aliphatic heterocycles. The standard InChI is InChI=1S/C18H18OS/c1-13-18(19)12-17(20-13)11-14-7-9-16(10-8-14)15-5-3-2-4-6-15/h2-10,13,17H,11-12H2,1H3. The lowest BCUT2D eigenvalue weighted by atomic mass is 10.0. The lowest BCUT2D eigenvalue weighted by Gasteiger charge is -2.09. The summed E-state index contributed by atoms with van der Waals surface area (Å²) in [5, 5.41) is 0.642. The average molecular weight is 282 g/mol. The van der Waals surface area contributed by atoms with Gasteiger partial charge in [0.1, 0.15) is 5.78 Å². The molecule has 0 aliphatic carbocycles. The number of hydrogen-bond donors (Lipinski definition) is 0. The van der Waals surface area contributed by atoms with E-state index in [4.69, 9.17) is 0 Å². The van der Waals surface area contributed by atoms with E-state index in [1.807, 2.05) is 24.8 Å². The van der Waals surface area contributed by atoms with Gasteiger partial charge in [0.15, 0.2) is 0 Å². The molecule has 1 fully saturated rings. The van der Waals surface area contributed by atoms with Crippen LogP contribution in [0.5, 0.6) is 0 Å². The summed E-state index contributed by atoms with van der Waals surface area (Å²) >= 11 is 1.82. The van der Waals surface area contributed by atoms with Gasteiger partial charge in [0.05, 0.1) is 5.25 Å². The first-order chi connectivity index (χ1) is 9.72. The summed E-state index contributed by atoms with van der Waals surface area (Å²) < 4.78 is 0. The third kappa shape index (κ3) is 2.96. The predicted molar refractivity (Wildman–Crippen MR) is 86.0 cm³/mol. The molecule has 2 heteroatoms. The van der Waals surface area contributed by atoms with E-state index in [0.29, 0.717) is 11.0 Å². The molecule has 0 saturated carbocycles. The fourth-order valence-corrected chi connectivity index (χ4v) is 4.02. The predicted octanol–water partition coefficient (Wildman–Crippen LogP) is 4.36. The summed E-state index contributed by atoms with van der Waals surface area (Å²) in [4.78, 5) is 11.6. The van der Waals surface area contributed by atoms with Gasteiger partial charge in [0, 0.05) is 11.7 Å². The normalized spacial score (nSPS) is 22.1. The molecule has 20 heavy (non-hydrogen) atoms. The van der Waals surface area contributed by atoms with Crippen molar-refractivity contribution in [1.82, 2.24) is 0 Å². The summed E-state index contributed by atoms with van der Waals surface area (Å²) in [6.45, 7) is 2.02. The van der Waals surface area contributed by atoms with Gasteiger partial charge in [0.2, 0.25) is 0 Å². The molecule has 1 heterocycles. The van der Waals surface area contributed by atoms with E-state index in [9.17, 15) is 4.79 Å². The van der Waals surface area contributed by atoms with Crippen LogP contribution in [-0.4, -0.2) is 16.3 Å². The molecule has 0 bridgehead atoms. The third-order valence-corrected chi connectivity index (χ3v) is 5.19. The first kappa shape index (κ1) is 13.4. The van der Waals surface area contributed by atoms with E-state index in [1.165, 1.54) is 16.7 Å². The van der Waals surface area contributed by atoms with Crippen molar-refractivity contribution in [3.8, 4) is 11.1 Å². The van der Waals surface area contributed by atoms with Gasteiger partial charge in [-0.25, -0.2) is 0 Å². The van der Waals surface area contributed by atoms with Crippen molar-refractivity contribution in [2.24, 2.45) is 0 Å². The van der Waals surface area contributed by atoms with Crippen LogP contribution in [0.1, 0.15) is 18.9 Å². The van der Waals surface area contributed by atoms with Gasteiger partial charge in [0.25, 0.3) is 0 Å². The first-order valence-electron chi connectivity index (χ1n) is 7.05. The average Bonchev–Trinajstić information content (AvgIpc) is 2.79. The maximum Gasteiger partial charge on any atom is 0.146 e. The van der Waals surface area contributed by atoms with Gasteiger partial charge in [-0.05, 0) is 30.0 Å². The lowest BCUT2D eigenvalue weighted by molar-refractivity contribution is -0.117. The zero-order valence-electron chi connectivity index (χ0n) is 11.6. The fourth-order valence-electron chi connectivity index (χ4n) is 2.65. The van der Waals surface area contributed by atoms with Crippen LogP contribution in [0.3, 0.4) is 0 Å². The summed E-state index contributed by atoms with van der Waals surface area (Å²) in [7, 11) is 0. The molecule has 1 saturated heterocycles. The molecule has 0 aromatic heterocycles. The second-order valence-corrected chi connectivity index (χ2v) is 6.98. The molecule has 2 atom stereocenters. The molecule has 2 aromatic carbocycles. The highest BCUT2D eigenvalue weighted by Crippen LogP contribution is 2.33. The number of carbonyl (C=O) groups is 1. The zero-order valence-corrected chi connectivity index (χ0v) is 12.4. The van der Waals surface area contributed by atoms with E-state index in [0.717, 1.165) is 12.8 Å². The Bertz CT molecular complexity index is 589. The molecule has 0 N–H and O–H groups in total. The molecule has 3 rings (SSSR count). The fraction of sp³-hybridized carbons (Fsp3) is 0.278. The third-order valence-electron chi connectivity index (χ3n) is 3.80. The van der Waals surface area contributed by atoms with Crippen molar-refractivity contribution < 1.29 is 4.79 Å². The Hall–Kier alpha value is -1.54. The second kappa shape index (κ2) is 5.84. The zero-order chi connectivity index (χ0) is 13.9. The van der Waals surface area contributed by atoms with Crippen molar-refractivity contribution in [2.45, 2.75) is 30.3 Å². The van der Waals surface area contributed by atoms with Crippen LogP contribution >= 0.6 is 11.8 Å². The van der Waals surface area contributed by atoms with Crippen molar-refractivity contribution in [3.05, 3.63) is 60.2 Å². The molecule has 0 radical (unpaired) electrons. The highest BCUT2D eigenvalue weighted by Gasteiger charge is 2.29. The Morgan fingerprint density at radius 2 is 1.65 bits per heavy atom. The van der Waals surface area contributed by atoms with E-state index in [2.05, 4.69) is 48.5 Å². The molecular formula is C18H18OS. The topological polar surface area (TPSA) is 17.1 Å². The van der Waals surface area contributed by atoms with Crippen molar-refractivity contribution >= 4 is 17.5 Å². The number of hydrogen-bond acceptors (Lipinski definition) is 2. The Labute approximate surface area is 124 Å². The summed E-state index contributed by atoms with van der Waals surface area (Å²) in [6, 6.07) is 19.1. The minimum atomic E-state index is 0.184. The molecular weight excluding hydrogens is 264 g/mol. The van der Waals surface area contributed by atoms with Crippen molar-refractivity contribution in [1.29, 1.82) is 0 Å². The Kier molecular flexibility index (Phi) is 3.93. The maximum atomic E-state index is 11.6. The van der Waals surface area contributed by atoms with Gasteiger partial charge >= 0.3 is 0 Å². The van der Waals surface area contributed by atoms with Crippen LogP contribution < -0.4 is 0 Å². The Morgan fingerprint density at radius 1 is 1.00 bits per heavy atom. The summed E-state index contributed by atoms with van der Waals surface area (Å²) in [5.74, 6) is 0.404. The van der Waals surface area contributed by atoms with E-state index < -0.39 is 0 Å². The van der Waals surface area contributed by atoms with Gasteiger partial charge in [-0.15, -0.1) is 11.8 Å². The SMILES string of the molecule is CC1SC(Cc2ccc(-c3ccccc3)cc2)CC1=O. The number of carbonyl (C=O) groups excluding carboxylic acids is 1. The Balaban J connectivity index is 1.69. The van der Waals surface area contributed by atoms with E-state index in [-0.39, 0.29) is 5.25 Å². The molecule has 2 aromatic rings. The second-order valence-electron chi connectivity index (χ2n) is 5.34. The van der Waals surface area contributed by atoms with Crippen molar-refractivity contribution in [3.63, 3.8) is 0 Å². The van der Waals surface area contributed by atoms with E-state index in [1.54, 1.807) is 0 Å². The maximum absolute atomic E-state index is 11.6. The van der Waals surface area contributed by atoms with Gasteiger partial charge in [-0.2, -0.15) is 0 Å². The number of benzene rings is 2. The Morgan fingerprint density at radius 3 is 2.25 bits per heavy atom. The van der Waals surface area contributed by atoms with Gasteiger partial charge in [-0.3, -0.25) is 4.79 Å². The minimum absolute atomic E-state index is 0.184. The van der Waals surface area contributed by atoms with Crippen LogP contribution in [-0.2, 0) is 11.2 Å². The van der Waals surface area contributed by atoms with Crippen LogP contribution in [0.25, 0.3) is 11.1 Å². The van der Waals surface area contributed by atoms with Crippen molar-refractivity contribution in [2.75, 3.05) is 0 Å². The van der Waals surface area contributed by atoms with Crippen LogP contribution in [0, 0.1) is 0 Å². The lowest BCUT2D eigenvalue weighted by Crippen LogP contribution is -2.05. The summed E-state index contributed by atoms with van der Waals surface area (Å²) in [6.07, 6.45) is 1.72. The highest BCUT2D eigenvalue weighted by atomic mass is 32.2. The van der Waals surface area contributed by atoms with Crippen LogP contribution in [0.2, 0.25) is 0 Å². The molecule has 0 spiro atoms. The minimum Gasteiger partial charge on any atom is -0.298 e. The largest absolute Gasteiger partial charge is 0.298 e. The molecule has 1 aliphatic rings. The van der Waals surface area contributed by atoms with Gasteiger partial charge < -0.3 is 0 Å².